The van der Waals surface area contributed by atoms with Gasteiger partial charge in [-0.25, -0.2) is 0 Å². The van der Waals surface area contributed by atoms with Gasteiger partial charge in [0.25, 0.3) is 0 Å². The third-order valence-electron chi connectivity index (χ3n) is 4.60. The highest BCUT2D eigenvalue weighted by molar-refractivity contribution is 5.10. The standard InChI is InChI=1S/C14H22O2/c1-10(2)8-16-14-6-11-3-12(7-14)5-13(15,4-11)9-14/h11-12,15H,1,3-9H2,2H3. The molecule has 4 rings (SSSR count). The van der Waals surface area contributed by atoms with Gasteiger partial charge >= 0.3 is 0 Å². The normalized spacial score (nSPS) is 49.6. The van der Waals surface area contributed by atoms with Crippen LogP contribution in [0.25, 0.3) is 0 Å². The first-order chi connectivity index (χ1) is 7.49. The topological polar surface area (TPSA) is 29.5 Å². The average molecular weight is 222 g/mol. The van der Waals surface area contributed by atoms with Gasteiger partial charge in [-0.3, -0.25) is 0 Å². The summed E-state index contributed by atoms with van der Waals surface area (Å²) in [5.41, 5.74) is 0.666. The molecule has 2 unspecified atom stereocenters. The van der Waals surface area contributed by atoms with Crippen LogP contribution in [0.5, 0.6) is 0 Å². The highest BCUT2D eigenvalue weighted by atomic mass is 16.5. The van der Waals surface area contributed by atoms with Crippen LogP contribution >= 0.6 is 0 Å². The third-order valence-corrected chi connectivity index (χ3v) is 4.60. The van der Waals surface area contributed by atoms with Gasteiger partial charge < -0.3 is 9.84 Å². The number of hydrogen-bond donors (Lipinski definition) is 1. The lowest BCUT2D eigenvalue weighted by Gasteiger charge is -2.59. The molecule has 0 spiro atoms. The summed E-state index contributed by atoms with van der Waals surface area (Å²) in [7, 11) is 0. The van der Waals surface area contributed by atoms with Gasteiger partial charge in [0.15, 0.2) is 0 Å². The molecule has 2 nitrogen and oxygen atoms in total. The van der Waals surface area contributed by atoms with Crippen molar-refractivity contribution < 1.29 is 9.84 Å². The minimum Gasteiger partial charge on any atom is -0.390 e. The Kier molecular flexibility index (Phi) is 2.25. The highest BCUT2D eigenvalue weighted by Gasteiger charge is 2.57. The summed E-state index contributed by atoms with van der Waals surface area (Å²) in [6, 6.07) is 0. The van der Waals surface area contributed by atoms with E-state index in [4.69, 9.17) is 4.74 Å². The fraction of sp³-hybridized carbons (Fsp3) is 0.857. The monoisotopic (exact) mass is 222 g/mol. The molecule has 4 fully saturated rings. The summed E-state index contributed by atoms with van der Waals surface area (Å²) in [5, 5.41) is 10.5. The van der Waals surface area contributed by atoms with Crippen molar-refractivity contribution in [2.24, 2.45) is 11.8 Å². The molecule has 0 heterocycles. The first-order valence-electron chi connectivity index (χ1n) is 6.49. The van der Waals surface area contributed by atoms with E-state index in [2.05, 4.69) is 6.58 Å². The summed E-state index contributed by atoms with van der Waals surface area (Å²) >= 11 is 0. The van der Waals surface area contributed by atoms with Crippen molar-refractivity contribution in [3.8, 4) is 0 Å². The number of rotatable bonds is 3. The third kappa shape index (κ3) is 1.72. The van der Waals surface area contributed by atoms with Crippen molar-refractivity contribution in [3.63, 3.8) is 0 Å². The molecule has 1 N–H and O–H groups in total. The Morgan fingerprint density at radius 3 is 2.44 bits per heavy atom. The van der Waals surface area contributed by atoms with Crippen molar-refractivity contribution in [2.45, 2.75) is 56.7 Å². The van der Waals surface area contributed by atoms with E-state index in [0.717, 1.165) is 24.8 Å². The minimum atomic E-state index is -0.404. The van der Waals surface area contributed by atoms with E-state index in [-0.39, 0.29) is 5.60 Å². The molecule has 0 aromatic carbocycles. The highest BCUT2D eigenvalue weighted by Crippen LogP contribution is 2.58. The van der Waals surface area contributed by atoms with Crippen LogP contribution in [0.2, 0.25) is 0 Å². The molecule has 0 radical (unpaired) electrons. The molecule has 0 saturated heterocycles. The molecular weight excluding hydrogens is 200 g/mol. The Hall–Kier alpha value is -0.340. The van der Waals surface area contributed by atoms with Gasteiger partial charge in [0.05, 0.1) is 17.8 Å². The fourth-order valence-electron chi connectivity index (χ4n) is 4.58. The van der Waals surface area contributed by atoms with Gasteiger partial charge in [-0.15, -0.1) is 0 Å². The molecule has 16 heavy (non-hydrogen) atoms. The second-order valence-electron chi connectivity index (χ2n) is 6.61. The average Bonchev–Trinajstić information content (AvgIpc) is 2.10. The van der Waals surface area contributed by atoms with E-state index in [0.29, 0.717) is 18.4 Å². The van der Waals surface area contributed by atoms with Crippen LogP contribution in [-0.4, -0.2) is 22.9 Å². The Labute approximate surface area is 97.7 Å². The molecule has 4 aliphatic carbocycles. The van der Waals surface area contributed by atoms with Gasteiger partial charge in [0.1, 0.15) is 0 Å². The van der Waals surface area contributed by atoms with Crippen LogP contribution in [0.3, 0.4) is 0 Å². The van der Waals surface area contributed by atoms with Crippen LogP contribution < -0.4 is 0 Å². The molecule has 2 atom stereocenters. The molecule has 90 valence electrons. The molecular formula is C14H22O2. The zero-order valence-corrected chi connectivity index (χ0v) is 10.2. The van der Waals surface area contributed by atoms with Gasteiger partial charge in [0, 0.05) is 6.42 Å². The second kappa shape index (κ2) is 3.33. The Morgan fingerprint density at radius 1 is 1.31 bits per heavy atom. The molecule has 0 aliphatic heterocycles. The molecule has 4 saturated carbocycles. The first kappa shape index (κ1) is 10.8. The molecule has 0 amide bonds. The van der Waals surface area contributed by atoms with E-state index >= 15 is 0 Å². The maximum atomic E-state index is 10.5. The van der Waals surface area contributed by atoms with Crippen molar-refractivity contribution in [1.82, 2.24) is 0 Å². The lowest BCUT2D eigenvalue weighted by Crippen LogP contribution is -2.60. The van der Waals surface area contributed by atoms with Crippen LogP contribution in [0, 0.1) is 11.8 Å². The largest absolute Gasteiger partial charge is 0.390 e. The molecule has 0 aromatic rings. The Balaban J connectivity index is 1.78. The molecule has 2 heteroatoms. The van der Waals surface area contributed by atoms with Crippen LogP contribution in [0.4, 0.5) is 0 Å². The summed E-state index contributed by atoms with van der Waals surface area (Å²) in [6.45, 7) is 6.57. The first-order valence-corrected chi connectivity index (χ1v) is 6.49. The Morgan fingerprint density at radius 2 is 1.94 bits per heavy atom. The van der Waals surface area contributed by atoms with E-state index < -0.39 is 5.60 Å². The van der Waals surface area contributed by atoms with E-state index in [1.165, 1.54) is 19.3 Å². The van der Waals surface area contributed by atoms with Crippen molar-refractivity contribution in [2.75, 3.05) is 6.61 Å². The molecule has 4 bridgehead atoms. The molecule has 0 aromatic heterocycles. The predicted molar refractivity (Wildman–Crippen MR) is 63.1 cm³/mol. The number of ether oxygens (including phenoxy) is 1. The van der Waals surface area contributed by atoms with E-state index in [1.54, 1.807) is 0 Å². The number of hydrogen-bond acceptors (Lipinski definition) is 2. The molecule has 4 aliphatic rings. The van der Waals surface area contributed by atoms with E-state index in [9.17, 15) is 5.11 Å². The van der Waals surface area contributed by atoms with Crippen molar-refractivity contribution >= 4 is 0 Å². The van der Waals surface area contributed by atoms with Crippen LogP contribution in [-0.2, 0) is 4.74 Å². The lowest BCUT2D eigenvalue weighted by molar-refractivity contribution is -0.216. The van der Waals surface area contributed by atoms with Crippen LogP contribution in [0.15, 0.2) is 12.2 Å². The fourth-order valence-corrected chi connectivity index (χ4v) is 4.58. The minimum absolute atomic E-state index is 0.0161. The summed E-state index contributed by atoms with van der Waals surface area (Å²) in [6.07, 6.45) is 6.54. The van der Waals surface area contributed by atoms with Crippen molar-refractivity contribution in [1.29, 1.82) is 0 Å². The zero-order chi connectivity index (χ0) is 11.4. The van der Waals surface area contributed by atoms with Gasteiger partial charge in [-0.05, 0) is 50.9 Å². The van der Waals surface area contributed by atoms with Crippen molar-refractivity contribution in [3.05, 3.63) is 12.2 Å². The predicted octanol–water partition coefficient (Wildman–Crippen LogP) is 2.66. The number of aliphatic hydroxyl groups is 1. The smallest absolute Gasteiger partial charge is 0.0719 e. The van der Waals surface area contributed by atoms with Gasteiger partial charge in [0.2, 0.25) is 0 Å². The quantitative estimate of drug-likeness (QED) is 0.744. The maximum absolute atomic E-state index is 10.5. The maximum Gasteiger partial charge on any atom is 0.0719 e. The van der Waals surface area contributed by atoms with E-state index in [1.807, 2.05) is 6.92 Å². The van der Waals surface area contributed by atoms with Gasteiger partial charge in [-0.2, -0.15) is 0 Å². The SMILES string of the molecule is C=C(C)COC12CC3CC(CC(O)(C3)C1)C2. The lowest BCUT2D eigenvalue weighted by atomic mass is 9.52. The zero-order valence-electron chi connectivity index (χ0n) is 10.2. The second-order valence-corrected chi connectivity index (χ2v) is 6.61. The summed E-state index contributed by atoms with van der Waals surface area (Å²) < 4.78 is 6.11. The van der Waals surface area contributed by atoms with Crippen LogP contribution in [0.1, 0.15) is 45.4 Å². The summed E-state index contributed by atoms with van der Waals surface area (Å²) in [5.74, 6) is 1.41. The Bertz CT molecular complexity index is 307. The summed E-state index contributed by atoms with van der Waals surface area (Å²) in [4.78, 5) is 0. The van der Waals surface area contributed by atoms with Gasteiger partial charge in [-0.1, -0.05) is 12.2 Å².